The van der Waals surface area contributed by atoms with Crippen molar-refractivity contribution < 1.29 is 14.7 Å². The summed E-state index contributed by atoms with van der Waals surface area (Å²) in [6.07, 6.45) is 1.67. The van der Waals surface area contributed by atoms with E-state index >= 15 is 0 Å². The molecule has 2 aromatic rings. The van der Waals surface area contributed by atoms with E-state index in [1.807, 2.05) is 0 Å². The molecule has 0 unspecified atom stereocenters. The van der Waals surface area contributed by atoms with Crippen LogP contribution in [0.15, 0.2) is 35.3 Å². The van der Waals surface area contributed by atoms with Gasteiger partial charge >= 0.3 is 11.7 Å². The van der Waals surface area contributed by atoms with Crippen molar-refractivity contribution in [3.05, 3.63) is 57.8 Å². The third kappa shape index (κ3) is 3.14. The summed E-state index contributed by atoms with van der Waals surface area (Å²) in [5.41, 5.74) is 0.549. The quantitative estimate of drug-likeness (QED) is 0.631. The number of carboxylic acid groups (broad SMARTS) is 1. The van der Waals surface area contributed by atoms with Crippen LogP contribution in [0.2, 0.25) is 0 Å². The number of amides is 1. The number of carboxylic acids is 1. The van der Waals surface area contributed by atoms with Gasteiger partial charge in [0.15, 0.2) is 0 Å². The topological polar surface area (TPSA) is 115 Å². The third-order valence-electron chi connectivity index (χ3n) is 2.77. The normalized spacial score (nSPS) is 10.2. The van der Waals surface area contributed by atoms with Crippen molar-refractivity contribution in [2.75, 3.05) is 6.54 Å². The lowest BCUT2D eigenvalue weighted by Gasteiger charge is -2.06. The predicted octanol–water partition coefficient (Wildman–Crippen LogP) is 0.374. The zero-order valence-electron chi connectivity index (χ0n) is 10.5. The Kier molecular flexibility index (Phi) is 3.99. The molecular weight excluding hydrogens is 262 g/mol. The minimum absolute atomic E-state index is 0.140. The van der Waals surface area contributed by atoms with Crippen LogP contribution in [0.3, 0.4) is 0 Å². The molecule has 20 heavy (non-hydrogen) atoms. The fourth-order valence-electron chi connectivity index (χ4n) is 1.81. The number of rotatable bonds is 5. The highest BCUT2D eigenvalue weighted by Gasteiger charge is 2.10. The van der Waals surface area contributed by atoms with E-state index in [2.05, 4.69) is 15.3 Å². The summed E-state index contributed by atoms with van der Waals surface area (Å²) in [5, 5.41) is 11.6. The molecule has 104 valence electrons. The molecule has 2 rings (SSSR count). The summed E-state index contributed by atoms with van der Waals surface area (Å²) >= 11 is 0. The smallest absolute Gasteiger partial charge is 0.335 e. The monoisotopic (exact) mass is 275 g/mol. The van der Waals surface area contributed by atoms with E-state index in [0.29, 0.717) is 12.0 Å². The molecule has 0 atom stereocenters. The van der Waals surface area contributed by atoms with E-state index in [4.69, 9.17) is 5.11 Å². The second-order valence-corrected chi connectivity index (χ2v) is 4.12. The number of nitrogens with one attached hydrogen (secondary N) is 3. The van der Waals surface area contributed by atoms with E-state index in [9.17, 15) is 14.4 Å². The van der Waals surface area contributed by atoms with Gasteiger partial charge in [0.1, 0.15) is 5.69 Å². The zero-order chi connectivity index (χ0) is 14.5. The third-order valence-corrected chi connectivity index (χ3v) is 2.77. The molecule has 0 radical (unpaired) electrons. The van der Waals surface area contributed by atoms with Crippen molar-refractivity contribution in [2.24, 2.45) is 0 Å². The molecule has 0 spiro atoms. The van der Waals surface area contributed by atoms with Crippen LogP contribution in [0.25, 0.3) is 0 Å². The van der Waals surface area contributed by atoms with Crippen LogP contribution < -0.4 is 11.0 Å². The summed E-state index contributed by atoms with van der Waals surface area (Å²) in [7, 11) is 0. The molecule has 1 aromatic carbocycles. The van der Waals surface area contributed by atoms with Crippen LogP contribution in [-0.2, 0) is 6.42 Å². The lowest BCUT2D eigenvalue weighted by atomic mass is 10.0. The highest BCUT2D eigenvalue weighted by molar-refractivity contribution is 5.92. The van der Waals surface area contributed by atoms with Crippen molar-refractivity contribution in [3.8, 4) is 0 Å². The Morgan fingerprint density at radius 3 is 2.65 bits per heavy atom. The van der Waals surface area contributed by atoms with Gasteiger partial charge in [0.05, 0.1) is 5.56 Å². The van der Waals surface area contributed by atoms with Crippen LogP contribution in [0.5, 0.6) is 0 Å². The standard InChI is InChI=1S/C13H13N3O4/c17-11(10-7-15-13(20)16-10)14-6-5-8-3-1-2-4-9(8)12(18)19/h1-4,7H,5-6H2,(H,14,17)(H,18,19)(H2,15,16,20). The lowest BCUT2D eigenvalue weighted by Crippen LogP contribution is -2.26. The summed E-state index contributed by atoms with van der Waals surface area (Å²) in [5.74, 6) is -1.42. The number of hydrogen-bond acceptors (Lipinski definition) is 3. The van der Waals surface area contributed by atoms with E-state index in [1.54, 1.807) is 18.2 Å². The molecule has 1 heterocycles. The average Bonchev–Trinajstić information content (AvgIpc) is 2.86. The first-order chi connectivity index (χ1) is 9.58. The number of H-pyrrole nitrogens is 2. The van der Waals surface area contributed by atoms with Crippen molar-refractivity contribution in [3.63, 3.8) is 0 Å². The Labute approximate surface area is 113 Å². The fraction of sp³-hybridized carbons (Fsp3) is 0.154. The maximum atomic E-state index is 11.6. The fourth-order valence-corrected chi connectivity index (χ4v) is 1.81. The Hall–Kier alpha value is -2.83. The molecule has 4 N–H and O–H groups in total. The molecule has 0 saturated heterocycles. The Balaban J connectivity index is 1.95. The molecule has 0 aliphatic carbocycles. The number of aromatic amines is 2. The van der Waals surface area contributed by atoms with Gasteiger partial charge in [0, 0.05) is 12.7 Å². The van der Waals surface area contributed by atoms with Crippen molar-refractivity contribution in [2.45, 2.75) is 6.42 Å². The second kappa shape index (κ2) is 5.87. The van der Waals surface area contributed by atoms with Gasteiger partial charge in [-0.3, -0.25) is 4.79 Å². The second-order valence-electron chi connectivity index (χ2n) is 4.12. The molecule has 0 bridgehead atoms. The van der Waals surface area contributed by atoms with E-state index in [1.165, 1.54) is 12.3 Å². The van der Waals surface area contributed by atoms with Crippen LogP contribution in [0.1, 0.15) is 26.4 Å². The van der Waals surface area contributed by atoms with Crippen LogP contribution >= 0.6 is 0 Å². The number of aromatic carboxylic acids is 1. The molecule has 7 heteroatoms. The van der Waals surface area contributed by atoms with E-state index in [-0.39, 0.29) is 17.8 Å². The van der Waals surface area contributed by atoms with Crippen molar-refractivity contribution in [1.29, 1.82) is 0 Å². The van der Waals surface area contributed by atoms with E-state index in [0.717, 1.165) is 0 Å². The summed E-state index contributed by atoms with van der Waals surface area (Å²) in [6.45, 7) is 0.274. The molecule has 7 nitrogen and oxygen atoms in total. The minimum atomic E-state index is -0.998. The van der Waals surface area contributed by atoms with Gasteiger partial charge < -0.3 is 20.4 Å². The first kappa shape index (κ1) is 13.6. The van der Waals surface area contributed by atoms with Gasteiger partial charge in [-0.15, -0.1) is 0 Å². The molecular formula is C13H13N3O4. The predicted molar refractivity (Wildman–Crippen MR) is 70.9 cm³/mol. The number of benzene rings is 1. The number of carbonyl (C=O) groups excluding carboxylic acids is 1. The minimum Gasteiger partial charge on any atom is -0.478 e. The van der Waals surface area contributed by atoms with Gasteiger partial charge in [0.25, 0.3) is 5.91 Å². The van der Waals surface area contributed by atoms with Crippen molar-refractivity contribution >= 4 is 11.9 Å². The number of imidazole rings is 1. The first-order valence-corrected chi connectivity index (χ1v) is 5.95. The zero-order valence-corrected chi connectivity index (χ0v) is 10.5. The molecule has 1 aromatic heterocycles. The summed E-state index contributed by atoms with van der Waals surface area (Å²) in [6, 6.07) is 6.61. The van der Waals surface area contributed by atoms with Crippen molar-refractivity contribution in [1.82, 2.24) is 15.3 Å². The van der Waals surface area contributed by atoms with Gasteiger partial charge in [0.2, 0.25) is 0 Å². The van der Waals surface area contributed by atoms with Gasteiger partial charge in [-0.2, -0.15) is 0 Å². The Morgan fingerprint density at radius 2 is 2.00 bits per heavy atom. The van der Waals surface area contributed by atoms with Crippen LogP contribution in [-0.4, -0.2) is 33.5 Å². The SMILES string of the molecule is O=C(NCCc1ccccc1C(=O)O)c1c[nH]c(=O)[nH]1. The molecule has 0 aliphatic heterocycles. The maximum absolute atomic E-state index is 11.6. The van der Waals surface area contributed by atoms with Gasteiger partial charge in [-0.05, 0) is 18.1 Å². The van der Waals surface area contributed by atoms with Crippen LogP contribution in [0, 0.1) is 0 Å². The highest BCUT2D eigenvalue weighted by atomic mass is 16.4. The summed E-state index contributed by atoms with van der Waals surface area (Å²) in [4.78, 5) is 38.2. The van der Waals surface area contributed by atoms with Gasteiger partial charge in [-0.25, -0.2) is 9.59 Å². The Bertz CT molecular complexity index is 687. The number of carbonyl (C=O) groups is 2. The maximum Gasteiger partial charge on any atom is 0.335 e. The molecule has 0 fully saturated rings. The largest absolute Gasteiger partial charge is 0.478 e. The molecule has 0 saturated carbocycles. The molecule has 1 amide bonds. The Morgan fingerprint density at radius 1 is 1.25 bits per heavy atom. The summed E-state index contributed by atoms with van der Waals surface area (Å²) < 4.78 is 0. The van der Waals surface area contributed by atoms with Gasteiger partial charge in [-0.1, -0.05) is 18.2 Å². The lowest BCUT2D eigenvalue weighted by molar-refractivity contribution is 0.0695. The molecule has 0 aliphatic rings. The number of aromatic nitrogens is 2. The van der Waals surface area contributed by atoms with E-state index < -0.39 is 17.6 Å². The number of hydrogen-bond donors (Lipinski definition) is 4. The average molecular weight is 275 g/mol. The van der Waals surface area contributed by atoms with Crippen LogP contribution in [0.4, 0.5) is 0 Å². The first-order valence-electron chi connectivity index (χ1n) is 5.95. The highest BCUT2D eigenvalue weighted by Crippen LogP contribution is 2.09.